The minimum Gasteiger partial charge on any atom is -0.337 e. The maximum Gasteiger partial charge on any atom is 0.241 e. The van der Waals surface area contributed by atoms with Crippen LogP contribution in [0.25, 0.3) is 5.95 Å². The first-order valence-electron chi connectivity index (χ1n) is 6.81. The molecule has 3 rings (SSSR count). The Morgan fingerprint density at radius 3 is 2.75 bits per heavy atom. The predicted octanol–water partition coefficient (Wildman–Crippen LogP) is 2.34. The second-order valence-corrected chi connectivity index (χ2v) is 5.66. The van der Waals surface area contributed by atoms with Gasteiger partial charge in [-0.3, -0.25) is 4.57 Å². The van der Waals surface area contributed by atoms with Crippen molar-refractivity contribution >= 4 is 17.5 Å². The van der Waals surface area contributed by atoms with Gasteiger partial charge in [-0.25, -0.2) is 4.98 Å². The van der Waals surface area contributed by atoms with Crippen LogP contribution in [-0.2, 0) is 0 Å². The molecule has 7 heteroatoms. The van der Waals surface area contributed by atoms with E-state index in [9.17, 15) is 0 Å². The van der Waals surface area contributed by atoms with Crippen molar-refractivity contribution in [2.45, 2.75) is 32.7 Å². The average Bonchev–Trinajstić information content (AvgIpc) is 3.09. The Morgan fingerprint density at radius 2 is 2.05 bits per heavy atom. The second-order valence-electron chi connectivity index (χ2n) is 5.32. The molecule has 0 aromatic carbocycles. The van der Waals surface area contributed by atoms with Gasteiger partial charge >= 0.3 is 0 Å². The fraction of sp³-hybridized carbons (Fsp3) is 0.538. The molecule has 1 saturated heterocycles. The van der Waals surface area contributed by atoms with Crippen LogP contribution >= 0.6 is 11.6 Å². The van der Waals surface area contributed by atoms with Crippen LogP contribution in [0.2, 0.25) is 5.28 Å². The molecule has 20 heavy (non-hydrogen) atoms. The molecule has 0 saturated carbocycles. The number of hydrogen-bond acceptors (Lipinski definition) is 5. The average molecular weight is 293 g/mol. The van der Waals surface area contributed by atoms with Crippen molar-refractivity contribution in [2.24, 2.45) is 5.92 Å². The van der Waals surface area contributed by atoms with E-state index in [0.717, 1.165) is 13.0 Å². The van der Waals surface area contributed by atoms with Crippen LogP contribution < -0.4 is 4.90 Å². The minimum atomic E-state index is 0.216. The van der Waals surface area contributed by atoms with E-state index in [0.29, 0.717) is 23.9 Å². The van der Waals surface area contributed by atoms with E-state index >= 15 is 0 Å². The van der Waals surface area contributed by atoms with Gasteiger partial charge in [-0.2, -0.15) is 15.0 Å². The van der Waals surface area contributed by atoms with Gasteiger partial charge in [0.05, 0.1) is 0 Å². The number of imidazole rings is 1. The van der Waals surface area contributed by atoms with Crippen LogP contribution in [0.4, 0.5) is 5.95 Å². The number of rotatable bonds is 3. The zero-order valence-electron chi connectivity index (χ0n) is 11.6. The molecule has 2 aromatic heterocycles. The third-order valence-corrected chi connectivity index (χ3v) is 3.81. The monoisotopic (exact) mass is 292 g/mol. The summed E-state index contributed by atoms with van der Waals surface area (Å²) < 4.78 is 1.73. The lowest BCUT2D eigenvalue weighted by atomic mass is 10.0. The highest BCUT2D eigenvalue weighted by Gasteiger charge is 2.29. The Kier molecular flexibility index (Phi) is 3.56. The van der Waals surface area contributed by atoms with Gasteiger partial charge in [0.2, 0.25) is 17.2 Å². The lowest BCUT2D eigenvalue weighted by Crippen LogP contribution is -2.35. The van der Waals surface area contributed by atoms with Crippen molar-refractivity contribution < 1.29 is 0 Å². The second kappa shape index (κ2) is 5.36. The Bertz CT molecular complexity index is 583. The van der Waals surface area contributed by atoms with Gasteiger partial charge in [0.15, 0.2) is 0 Å². The van der Waals surface area contributed by atoms with E-state index in [1.807, 2.05) is 0 Å². The Balaban J connectivity index is 1.98. The highest BCUT2D eigenvalue weighted by Crippen LogP contribution is 2.28. The normalized spacial score (nSPS) is 19.0. The summed E-state index contributed by atoms with van der Waals surface area (Å²) in [4.78, 5) is 19.2. The molecule has 0 radical (unpaired) electrons. The molecule has 0 spiro atoms. The molecule has 0 amide bonds. The molecule has 1 fully saturated rings. The topological polar surface area (TPSA) is 59.7 Å². The van der Waals surface area contributed by atoms with E-state index in [1.54, 1.807) is 23.3 Å². The fourth-order valence-corrected chi connectivity index (χ4v) is 2.84. The van der Waals surface area contributed by atoms with Crippen LogP contribution in [0.15, 0.2) is 18.7 Å². The first-order valence-corrected chi connectivity index (χ1v) is 7.19. The predicted molar refractivity (Wildman–Crippen MR) is 77.2 cm³/mol. The molecule has 1 atom stereocenters. The first-order chi connectivity index (χ1) is 9.65. The van der Waals surface area contributed by atoms with E-state index in [1.165, 1.54) is 6.42 Å². The summed E-state index contributed by atoms with van der Waals surface area (Å²) in [6.07, 6.45) is 7.46. The summed E-state index contributed by atoms with van der Waals surface area (Å²) in [6.45, 7) is 5.41. The molecule has 0 bridgehead atoms. The zero-order chi connectivity index (χ0) is 14.1. The largest absolute Gasteiger partial charge is 0.337 e. The SMILES string of the molecule is CC(C)C1CCCN1c1nc(Cl)nc(-n2ccnc2)n1. The molecule has 6 nitrogen and oxygen atoms in total. The van der Waals surface area contributed by atoms with Gasteiger partial charge in [-0.15, -0.1) is 0 Å². The van der Waals surface area contributed by atoms with Crippen molar-refractivity contribution in [3.8, 4) is 5.95 Å². The fourth-order valence-electron chi connectivity index (χ4n) is 2.68. The number of hydrogen-bond donors (Lipinski definition) is 0. The Morgan fingerprint density at radius 1 is 1.25 bits per heavy atom. The summed E-state index contributed by atoms with van der Waals surface area (Å²) in [5, 5.41) is 0.216. The summed E-state index contributed by atoms with van der Waals surface area (Å²) in [5.74, 6) is 1.72. The van der Waals surface area contributed by atoms with Crippen molar-refractivity contribution in [3.63, 3.8) is 0 Å². The van der Waals surface area contributed by atoms with E-state index in [2.05, 4.69) is 38.7 Å². The Labute approximate surface area is 122 Å². The molecule has 0 aliphatic carbocycles. The van der Waals surface area contributed by atoms with Crippen LogP contribution in [0.5, 0.6) is 0 Å². The zero-order valence-corrected chi connectivity index (χ0v) is 12.3. The van der Waals surface area contributed by atoms with Gasteiger partial charge in [-0.1, -0.05) is 13.8 Å². The van der Waals surface area contributed by atoms with Gasteiger partial charge in [0.25, 0.3) is 0 Å². The van der Waals surface area contributed by atoms with Crippen LogP contribution in [0, 0.1) is 5.92 Å². The smallest absolute Gasteiger partial charge is 0.241 e. The van der Waals surface area contributed by atoms with Crippen molar-refractivity contribution in [1.29, 1.82) is 0 Å². The van der Waals surface area contributed by atoms with Crippen LogP contribution in [0.3, 0.4) is 0 Å². The van der Waals surface area contributed by atoms with Crippen molar-refractivity contribution in [2.75, 3.05) is 11.4 Å². The molecule has 1 aliphatic rings. The minimum absolute atomic E-state index is 0.216. The molecule has 1 unspecified atom stereocenters. The quantitative estimate of drug-likeness (QED) is 0.869. The summed E-state index contributed by atoms with van der Waals surface area (Å²) >= 11 is 6.05. The van der Waals surface area contributed by atoms with Gasteiger partial charge in [0, 0.05) is 25.0 Å². The number of anilines is 1. The first kappa shape index (κ1) is 13.3. The molecule has 1 aliphatic heterocycles. The lowest BCUT2D eigenvalue weighted by molar-refractivity contribution is 0.486. The van der Waals surface area contributed by atoms with Crippen LogP contribution in [0.1, 0.15) is 26.7 Å². The molecule has 2 aromatic rings. The molecular weight excluding hydrogens is 276 g/mol. The van der Waals surface area contributed by atoms with E-state index in [-0.39, 0.29) is 5.28 Å². The van der Waals surface area contributed by atoms with E-state index < -0.39 is 0 Å². The number of nitrogens with zero attached hydrogens (tertiary/aromatic N) is 6. The molecule has 0 N–H and O–H groups in total. The standard InChI is InChI=1S/C13H17ClN6/c1-9(2)10-4-3-6-20(10)13-17-11(14)16-12(18-13)19-7-5-15-8-19/h5,7-10H,3-4,6H2,1-2H3. The summed E-state index contributed by atoms with van der Waals surface area (Å²) in [7, 11) is 0. The van der Waals surface area contributed by atoms with Gasteiger partial charge in [-0.05, 0) is 30.4 Å². The number of halogens is 1. The lowest BCUT2D eigenvalue weighted by Gasteiger charge is -2.27. The maximum absolute atomic E-state index is 6.05. The number of aromatic nitrogens is 5. The van der Waals surface area contributed by atoms with Gasteiger partial charge < -0.3 is 4.90 Å². The maximum atomic E-state index is 6.05. The van der Waals surface area contributed by atoms with E-state index in [4.69, 9.17) is 11.6 Å². The Hall–Kier alpha value is -1.69. The molecular formula is C13H17ClN6. The van der Waals surface area contributed by atoms with Crippen molar-refractivity contribution in [3.05, 3.63) is 24.0 Å². The highest BCUT2D eigenvalue weighted by atomic mass is 35.5. The molecule has 3 heterocycles. The van der Waals surface area contributed by atoms with Gasteiger partial charge in [0.1, 0.15) is 6.33 Å². The summed E-state index contributed by atoms with van der Waals surface area (Å²) in [6, 6.07) is 0.462. The molecule has 106 valence electrons. The highest BCUT2D eigenvalue weighted by molar-refractivity contribution is 6.28. The summed E-state index contributed by atoms with van der Waals surface area (Å²) in [5.41, 5.74) is 0. The third kappa shape index (κ3) is 2.47. The third-order valence-electron chi connectivity index (χ3n) is 3.65. The van der Waals surface area contributed by atoms with Crippen LogP contribution in [-0.4, -0.2) is 37.1 Å². The van der Waals surface area contributed by atoms with Crippen molar-refractivity contribution in [1.82, 2.24) is 24.5 Å².